The Morgan fingerprint density at radius 3 is 2.55 bits per heavy atom. The molecule has 0 atom stereocenters. The zero-order valence-electron chi connectivity index (χ0n) is 11.2. The molecule has 0 radical (unpaired) electrons. The number of nitrogen functional groups attached to an aromatic ring is 1. The van der Waals surface area contributed by atoms with Gasteiger partial charge >= 0.3 is 0 Å². The quantitative estimate of drug-likeness (QED) is 0.709. The zero-order chi connectivity index (χ0) is 13.8. The van der Waals surface area contributed by atoms with Crippen molar-refractivity contribution < 1.29 is 0 Å². The molecule has 1 heterocycles. The highest BCUT2D eigenvalue weighted by atomic mass is 15.0. The van der Waals surface area contributed by atoms with Gasteiger partial charge in [0.1, 0.15) is 5.82 Å². The fraction of sp³-hybridized carbons (Fsp3) is 0.118. The van der Waals surface area contributed by atoms with E-state index in [-0.39, 0.29) is 0 Å². The first-order valence-electron chi connectivity index (χ1n) is 6.75. The summed E-state index contributed by atoms with van der Waals surface area (Å²) in [5.74, 6) is 0.916. The summed E-state index contributed by atoms with van der Waals surface area (Å²) in [6.07, 6.45) is 0.953. The number of nitrogens with zero attached hydrogens (tertiary/aromatic N) is 1. The Morgan fingerprint density at radius 2 is 1.70 bits per heavy atom. The number of benzene rings is 2. The van der Waals surface area contributed by atoms with E-state index in [1.54, 1.807) is 0 Å². The number of nitrogens with one attached hydrogen (secondary N) is 1. The molecule has 0 fully saturated rings. The van der Waals surface area contributed by atoms with Crippen LogP contribution in [0.2, 0.25) is 0 Å². The minimum absolute atomic E-state index is 0.804. The normalized spacial score (nSPS) is 10.6. The Balaban J connectivity index is 1.63. The van der Waals surface area contributed by atoms with Crippen LogP contribution in [0.4, 0.5) is 11.5 Å². The largest absolute Gasteiger partial charge is 0.399 e. The van der Waals surface area contributed by atoms with Crippen molar-refractivity contribution in [2.75, 3.05) is 17.6 Å². The van der Waals surface area contributed by atoms with Gasteiger partial charge in [-0.25, -0.2) is 4.98 Å². The van der Waals surface area contributed by atoms with Crippen molar-refractivity contribution in [2.45, 2.75) is 6.42 Å². The Kier molecular flexibility index (Phi) is 3.50. The van der Waals surface area contributed by atoms with Gasteiger partial charge in [-0.1, -0.05) is 30.3 Å². The van der Waals surface area contributed by atoms with Gasteiger partial charge in [0, 0.05) is 17.6 Å². The molecule has 0 aliphatic heterocycles. The molecule has 3 N–H and O–H groups in total. The minimum atomic E-state index is 0.804. The first kappa shape index (κ1) is 12.5. The number of hydrogen-bond acceptors (Lipinski definition) is 3. The zero-order valence-corrected chi connectivity index (χ0v) is 11.2. The van der Waals surface area contributed by atoms with Crippen LogP contribution >= 0.6 is 0 Å². The third-order valence-electron chi connectivity index (χ3n) is 3.30. The molecule has 0 aliphatic rings. The van der Waals surface area contributed by atoms with Gasteiger partial charge in [0.2, 0.25) is 0 Å². The summed E-state index contributed by atoms with van der Waals surface area (Å²) < 4.78 is 0. The van der Waals surface area contributed by atoms with Crippen molar-refractivity contribution in [2.24, 2.45) is 0 Å². The van der Waals surface area contributed by atoms with Crippen LogP contribution in [0, 0.1) is 0 Å². The summed E-state index contributed by atoms with van der Waals surface area (Å²) in [6.45, 7) is 0.856. The van der Waals surface area contributed by atoms with Crippen molar-refractivity contribution in [3.8, 4) is 0 Å². The molecule has 0 unspecified atom stereocenters. The van der Waals surface area contributed by atoms with E-state index < -0.39 is 0 Å². The molecule has 3 aromatic rings. The molecule has 3 nitrogen and oxygen atoms in total. The topological polar surface area (TPSA) is 50.9 Å². The maximum absolute atomic E-state index is 5.67. The predicted molar refractivity (Wildman–Crippen MR) is 84.8 cm³/mol. The third-order valence-corrected chi connectivity index (χ3v) is 3.30. The number of hydrogen-bond donors (Lipinski definition) is 2. The van der Waals surface area contributed by atoms with Crippen LogP contribution < -0.4 is 11.1 Å². The van der Waals surface area contributed by atoms with E-state index >= 15 is 0 Å². The van der Waals surface area contributed by atoms with E-state index in [0.29, 0.717) is 0 Å². The van der Waals surface area contributed by atoms with Crippen molar-refractivity contribution >= 4 is 22.4 Å². The van der Waals surface area contributed by atoms with Gasteiger partial charge in [-0.15, -0.1) is 0 Å². The van der Waals surface area contributed by atoms with Crippen LogP contribution in [0.5, 0.6) is 0 Å². The van der Waals surface area contributed by atoms with Gasteiger partial charge in [0.15, 0.2) is 0 Å². The monoisotopic (exact) mass is 263 g/mol. The number of nitrogens with two attached hydrogens (primary N) is 1. The van der Waals surface area contributed by atoms with E-state index in [4.69, 9.17) is 5.73 Å². The van der Waals surface area contributed by atoms with Gasteiger partial charge < -0.3 is 11.1 Å². The minimum Gasteiger partial charge on any atom is -0.399 e. The summed E-state index contributed by atoms with van der Waals surface area (Å²) >= 11 is 0. The molecule has 0 amide bonds. The average Bonchev–Trinajstić information content (AvgIpc) is 2.49. The SMILES string of the molecule is Nc1ccc(CCNc2ccc3ccccc3n2)cc1. The number of fused-ring (bicyclic) bond motifs is 1. The number of aromatic nitrogens is 1. The standard InChI is InChI=1S/C17H17N3/c18-15-8-5-13(6-9-15)11-12-19-17-10-7-14-3-1-2-4-16(14)20-17/h1-10H,11-12,18H2,(H,19,20). The fourth-order valence-electron chi connectivity index (χ4n) is 2.18. The van der Waals surface area contributed by atoms with Crippen LogP contribution in [-0.4, -0.2) is 11.5 Å². The first-order chi connectivity index (χ1) is 9.81. The lowest BCUT2D eigenvalue weighted by molar-refractivity contribution is 1.01. The lowest BCUT2D eigenvalue weighted by atomic mass is 10.1. The molecule has 3 heteroatoms. The van der Waals surface area contributed by atoms with Crippen molar-refractivity contribution in [3.05, 3.63) is 66.2 Å². The molecular weight excluding hydrogens is 246 g/mol. The highest BCUT2D eigenvalue weighted by molar-refractivity contribution is 5.80. The lowest BCUT2D eigenvalue weighted by Crippen LogP contribution is -2.06. The molecule has 0 saturated carbocycles. The van der Waals surface area contributed by atoms with Gasteiger partial charge in [0.25, 0.3) is 0 Å². The Hall–Kier alpha value is -2.55. The Labute approximate surface area is 118 Å². The number of anilines is 2. The van der Waals surface area contributed by atoms with Crippen LogP contribution in [-0.2, 0) is 6.42 Å². The molecule has 0 bridgehead atoms. The molecule has 100 valence electrons. The van der Waals surface area contributed by atoms with Crippen LogP contribution in [0.1, 0.15) is 5.56 Å². The molecule has 0 spiro atoms. The molecule has 0 aliphatic carbocycles. The molecule has 0 saturated heterocycles. The second kappa shape index (κ2) is 5.61. The molecular formula is C17H17N3. The fourth-order valence-corrected chi connectivity index (χ4v) is 2.18. The van der Waals surface area contributed by atoms with E-state index in [0.717, 1.165) is 35.4 Å². The van der Waals surface area contributed by atoms with Crippen LogP contribution in [0.3, 0.4) is 0 Å². The third kappa shape index (κ3) is 2.88. The number of para-hydroxylation sites is 1. The van der Waals surface area contributed by atoms with E-state index in [1.165, 1.54) is 5.56 Å². The molecule has 3 rings (SSSR count). The van der Waals surface area contributed by atoms with E-state index in [2.05, 4.69) is 34.6 Å². The first-order valence-corrected chi connectivity index (χ1v) is 6.75. The predicted octanol–water partition coefficient (Wildman–Crippen LogP) is 3.47. The second-order valence-electron chi connectivity index (χ2n) is 4.81. The molecule has 1 aromatic heterocycles. The van der Waals surface area contributed by atoms with E-state index in [1.807, 2.05) is 36.4 Å². The van der Waals surface area contributed by atoms with Crippen molar-refractivity contribution in [1.29, 1.82) is 0 Å². The maximum atomic E-state index is 5.67. The summed E-state index contributed by atoms with van der Waals surface area (Å²) in [7, 11) is 0. The highest BCUT2D eigenvalue weighted by Crippen LogP contribution is 2.14. The van der Waals surface area contributed by atoms with Gasteiger partial charge in [-0.2, -0.15) is 0 Å². The van der Waals surface area contributed by atoms with Gasteiger partial charge in [0.05, 0.1) is 5.52 Å². The maximum Gasteiger partial charge on any atom is 0.126 e. The highest BCUT2D eigenvalue weighted by Gasteiger charge is 1.98. The Morgan fingerprint density at radius 1 is 0.900 bits per heavy atom. The van der Waals surface area contributed by atoms with Gasteiger partial charge in [-0.3, -0.25) is 0 Å². The summed E-state index contributed by atoms with van der Waals surface area (Å²) in [5, 5.41) is 4.52. The molecule has 2 aromatic carbocycles. The Bertz CT molecular complexity index is 705. The van der Waals surface area contributed by atoms with E-state index in [9.17, 15) is 0 Å². The number of rotatable bonds is 4. The smallest absolute Gasteiger partial charge is 0.126 e. The lowest BCUT2D eigenvalue weighted by Gasteiger charge is -2.07. The molecule has 20 heavy (non-hydrogen) atoms. The van der Waals surface area contributed by atoms with Gasteiger partial charge in [-0.05, 0) is 42.3 Å². The summed E-state index contributed by atoms with van der Waals surface area (Å²) in [4.78, 5) is 4.59. The summed E-state index contributed by atoms with van der Waals surface area (Å²) in [5.41, 5.74) is 8.77. The summed E-state index contributed by atoms with van der Waals surface area (Å²) in [6, 6.07) is 20.2. The van der Waals surface area contributed by atoms with Crippen LogP contribution in [0.15, 0.2) is 60.7 Å². The van der Waals surface area contributed by atoms with Crippen molar-refractivity contribution in [1.82, 2.24) is 4.98 Å². The van der Waals surface area contributed by atoms with Crippen LogP contribution in [0.25, 0.3) is 10.9 Å². The second-order valence-corrected chi connectivity index (χ2v) is 4.81. The number of pyridine rings is 1. The average molecular weight is 263 g/mol. The van der Waals surface area contributed by atoms with Crippen molar-refractivity contribution in [3.63, 3.8) is 0 Å².